The summed E-state index contributed by atoms with van der Waals surface area (Å²) in [6.45, 7) is 6.67. The highest BCUT2D eigenvalue weighted by atomic mass is 32.2. The highest BCUT2D eigenvalue weighted by molar-refractivity contribution is 7.89. The van der Waals surface area contributed by atoms with Gasteiger partial charge in [0.1, 0.15) is 0 Å². The Morgan fingerprint density at radius 3 is 2.38 bits per heavy atom. The largest absolute Gasteiger partial charge is 0.349 e. The van der Waals surface area contributed by atoms with Gasteiger partial charge in [0, 0.05) is 24.7 Å². The zero-order valence-electron chi connectivity index (χ0n) is 14.8. The third-order valence-corrected chi connectivity index (χ3v) is 6.84. The first kappa shape index (κ1) is 18.9. The quantitative estimate of drug-likeness (QED) is 0.856. The normalized spacial score (nSPS) is 21.7. The molecule has 1 fully saturated rings. The number of carbonyl (C=O) groups is 1. The summed E-state index contributed by atoms with van der Waals surface area (Å²) in [7, 11) is -3.54. The number of nitrogens with one attached hydrogen (secondary N) is 1. The minimum absolute atomic E-state index is 0.177. The molecule has 0 spiro atoms. The Balaban J connectivity index is 2.13. The van der Waals surface area contributed by atoms with Crippen LogP contribution in [0.2, 0.25) is 0 Å². The highest BCUT2D eigenvalue weighted by Gasteiger charge is 2.24. The van der Waals surface area contributed by atoms with Gasteiger partial charge < -0.3 is 5.32 Å². The lowest BCUT2D eigenvalue weighted by Gasteiger charge is -2.27. The second kappa shape index (κ2) is 8.12. The van der Waals surface area contributed by atoms with Crippen LogP contribution < -0.4 is 5.32 Å². The molecule has 0 radical (unpaired) electrons. The maximum atomic E-state index is 12.6. The Labute approximate surface area is 145 Å². The molecule has 2 rings (SSSR count). The van der Waals surface area contributed by atoms with Crippen molar-refractivity contribution in [1.29, 1.82) is 0 Å². The summed E-state index contributed by atoms with van der Waals surface area (Å²) in [6.07, 6.45) is 4.23. The summed E-state index contributed by atoms with van der Waals surface area (Å²) < 4.78 is 26.6. The lowest BCUT2D eigenvalue weighted by Crippen LogP contribution is -2.37. The van der Waals surface area contributed by atoms with Crippen molar-refractivity contribution in [3.63, 3.8) is 0 Å². The molecular formula is C18H28N2O3S. The molecule has 24 heavy (non-hydrogen) atoms. The van der Waals surface area contributed by atoms with Crippen molar-refractivity contribution in [2.45, 2.75) is 57.4 Å². The van der Waals surface area contributed by atoms with Gasteiger partial charge in [-0.2, -0.15) is 4.31 Å². The number of nitrogens with zero attached hydrogens (tertiary/aromatic N) is 1. The standard InChI is InChI=1S/C18H28N2O3S/c1-4-20(5-2)24(22,23)17-8-6-7-15(13-17)18(21)19-16-11-9-14(3)10-12-16/h6-8,13-14,16H,4-5,9-12H2,1-3H3,(H,19,21). The molecule has 0 unspecified atom stereocenters. The van der Waals surface area contributed by atoms with E-state index in [0.29, 0.717) is 18.7 Å². The molecule has 1 aliphatic rings. The van der Waals surface area contributed by atoms with Crippen LogP contribution in [-0.4, -0.2) is 37.8 Å². The average molecular weight is 353 g/mol. The van der Waals surface area contributed by atoms with Gasteiger partial charge in [0.15, 0.2) is 0 Å². The summed E-state index contributed by atoms with van der Waals surface area (Å²) >= 11 is 0. The first-order chi connectivity index (χ1) is 11.4. The fourth-order valence-corrected chi connectivity index (χ4v) is 4.69. The molecule has 0 aromatic heterocycles. The molecular weight excluding hydrogens is 324 g/mol. The summed E-state index contributed by atoms with van der Waals surface area (Å²) in [5.74, 6) is 0.534. The van der Waals surface area contributed by atoms with E-state index in [1.807, 2.05) is 13.8 Å². The van der Waals surface area contributed by atoms with E-state index in [-0.39, 0.29) is 16.8 Å². The van der Waals surface area contributed by atoms with Crippen molar-refractivity contribution in [2.24, 2.45) is 5.92 Å². The lowest BCUT2D eigenvalue weighted by atomic mass is 9.87. The summed E-state index contributed by atoms with van der Waals surface area (Å²) in [6, 6.07) is 6.52. The van der Waals surface area contributed by atoms with Gasteiger partial charge in [0.25, 0.3) is 5.91 Å². The molecule has 5 nitrogen and oxygen atoms in total. The minimum Gasteiger partial charge on any atom is -0.349 e. The zero-order valence-corrected chi connectivity index (χ0v) is 15.6. The van der Waals surface area contributed by atoms with Crippen molar-refractivity contribution >= 4 is 15.9 Å². The Bertz CT molecular complexity index is 661. The summed E-state index contributed by atoms with van der Waals surface area (Å²) in [5, 5.41) is 3.04. The number of hydrogen-bond donors (Lipinski definition) is 1. The Morgan fingerprint density at radius 1 is 1.17 bits per heavy atom. The number of carbonyl (C=O) groups excluding carboxylic acids is 1. The van der Waals surface area contributed by atoms with E-state index in [9.17, 15) is 13.2 Å². The van der Waals surface area contributed by atoms with Crippen molar-refractivity contribution in [2.75, 3.05) is 13.1 Å². The van der Waals surface area contributed by atoms with Crippen LogP contribution in [0, 0.1) is 5.92 Å². The Hall–Kier alpha value is -1.40. The van der Waals surface area contributed by atoms with Crippen LogP contribution in [0.5, 0.6) is 0 Å². The maximum Gasteiger partial charge on any atom is 0.251 e. The van der Waals surface area contributed by atoms with Crippen molar-refractivity contribution < 1.29 is 13.2 Å². The van der Waals surface area contributed by atoms with E-state index in [1.165, 1.54) is 10.4 Å². The molecule has 134 valence electrons. The molecule has 1 aliphatic carbocycles. The Kier molecular flexibility index (Phi) is 6.40. The molecule has 1 aromatic carbocycles. The summed E-state index contributed by atoms with van der Waals surface area (Å²) in [4.78, 5) is 12.6. The van der Waals surface area contributed by atoms with Crippen molar-refractivity contribution in [1.82, 2.24) is 9.62 Å². The van der Waals surface area contributed by atoms with Gasteiger partial charge in [0.05, 0.1) is 4.90 Å². The molecule has 1 amide bonds. The second-order valence-electron chi connectivity index (χ2n) is 6.55. The van der Waals surface area contributed by atoms with Gasteiger partial charge in [-0.25, -0.2) is 8.42 Å². The van der Waals surface area contributed by atoms with Crippen molar-refractivity contribution in [3.8, 4) is 0 Å². The fraction of sp³-hybridized carbons (Fsp3) is 0.611. The molecule has 1 aromatic rings. The van der Waals surface area contributed by atoms with E-state index < -0.39 is 10.0 Å². The van der Waals surface area contributed by atoms with Crippen LogP contribution >= 0.6 is 0 Å². The predicted molar refractivity (Wildman–Crippen MR) is 95.4 cm³/mol. The van der Waals surface area contributed by atoms with Crippen LogP contribution in [0.3, 0.4) is 0 Å². The molecule has 0 atom stereocenters. The van der Waals surface area contributed by atoms with Crippen LogP contribution in [0.4, 0.5) is 0 Å². The van der Waals surface area contributed by atoms with E-state index in [2.05, 4.69) is 12.2 Å². The van der Waals surface area contributed by atoms with E-state index in [0.717, 1.165) is 31.6 Å². The number of benzene rings is 1. The molecule has 0 saturated heterocycles. The molecule has 6 heteroatoms. The fourth-order valence-electron chi connectivity index (χ4n) is 3.18. The summed E-state index contributed by atoms with van der Waals surface area (Å²) in [5.41, 5.74) is 0.404. The first-order valence-electron chi connectivity index (χ1n) is 8.79. The van der Waals surface area contributed by atoms with Gasteiger partial charge in [-0.05, 0) is 49.8 Å². The van der Waals surface area contributed by atoms with Crippen LogP contribution in [-0.2, 0) is 10.0 Å². The van der Waals surface area contributed by atoms with Crippen molar-refractivity contribution in [3.05, 3.63) is 29.8 Å². The number of sulfonamides is 1. The lowest BCUT2D eigenvalue weighted by molar-refractivity contribution is 0.0923. The van der Waals surface area contributed by atoms with Crippen LogP contribution in [0.15, 0.2) is 29.2 Å². The third kappa shape index (κ3) is 4.36. The molecule has 0 heterocycles. The van der Waals surface area contributed by atoms with Gasteiger partial charge in [-0.3, -0.25) is 4.79 Å². The van der Waals surface area contributed by atoms with Gasteiger partial charge in [-0.15, -0.1) is 0 Å². The third-order valence-electron chi connectivity index (χ3n) is 4.79. The minimum atomic E-state index is -3.54. The van der Waals surface area contributed by atoms with Gasteiger partial charge in [-0.1, -0.05) is 26.8 Å². The van der Waals surface area contributed by atoms with Gasteiger partial charge in [0.2, 0.25) is 10.0 Å². The molecule has 0 bridgehead atoms. The molecule has 1 saturated carbocycles. The van der Waals surface area contributed by atoms with Gasteiger partial charge >= 0.3 is 0 Å². The van der Waals surface area contributed by atoms with E-state index in [1.54, 1.807) is 18.2 Å². The average Bonchev–Trinajstić information content (AvgIpc) is 2.58. The Morgan fingerprint density at radius 2 is 1.79 bits per heavy atom. The van der Waals surface area contributed by atoms with E-state index in [4.69, 9.17) is 0 Å². The number of rotatable bonds is 6. The monoisotopic (exact) mass is 352 g/mol. The van der Waals surface area contributed by atoms with Crippen LogP contribution in [0.1, 0.15) is 56.8 Å². The van der Waals surface area contributed by atoms with Crippen LogP contribution in [0.25, 0.3) is 0 Å². The smallest absolute Gasteiger partial charge is 0.251 e. The molecule has 0 aliphatic heterocycles. The molecule has 1 N–H and O–H groups in total. The highest BCUT2D eigenvalue weighted by Crippen LogP contribution is 2.24. The maximum absolute atomic E-state index is 12.6. The zero-order chi connectivity index (χ0) is 17.7. The number of hydrogen-bond acceptors (Lipinski definition) is 3. The topological polar surface area (TPSA) is 66.5 Å². The first-order valence-corrected chi connectivity index (χ1v) is 10.2. The second-order valence-corrected chi connectivity index (χ2v) is 8.49. The predicted octanol–water partition coefficient (Wildman–Crippen LogP) is 3.03. The van der Waals surface area contributed by atoms with E-state index >= 15 is 0 Å². The number of amides is 1. The SMILES string of the molecule is CCN(CC)S(=O)(=O)c1cccc(C(=O)NC2CCC(C)CC2)c1.